The number of aromatic nitrogens is 1. The van der Waals surface area contributed by atoms with Crippen LogP contribution in [0.5, 0.6) is 5.95 Å². The fourth-order valence-corrected chi connectivity index (χ4v) is 2.35. The van der Waals surface area contributed by atoms with E-state index in [0.29, 0.717) is 17.5 Å². The van der Waals surface area contributed by atoms with Gasteiger partial charge in [-0.25, -0.2) is 4.98 Å². The van der Waals surface area contributed by atoms with Crippen LogP contribution in [0.1, 0.15) is 5.56 Å². The van der Waals surface area contributed by atoms with E-state index in [-0.39, 0.29) is 12.4 Å². The SMILES string of the molecule is COC(=O)Cc1ccc(-c2nc(-c3ccccc3)c(OC)o2)cc1. The molecule has 24 heavy (non-hydrogen) atoms. The Labute approximate surface area is 139 Å². The first-order valence-corrected chi connectivity index (χ1v) is 7.47. The summed E-state index contributed by atoms with van der Waals surface area (Å²) < 4.78 is 15.7. The summed E-state index contributed by atoms with van der Waals surface area (Å²) in [6.45, 7) is 0. The standard InChI is InChI=1S/C19H17NO4/c1-22-16(21)12-13-8-10-15(11-9-13)18-20-17(19(23-2)24-18)14-6-4-3-5-7-14/h3-11H,12H2,1-2H3. The summed E-state index contributed by atoms with van der Waals surface area (Å²) in [5.41, 5.74) is 3.26. The first kappa shape index (κ1) is 15.8. The zero-order valence-corrected chi connectivity index (χ0v) is 13.5. The number of carbonyl (C=O) groups is 1. The number of nitrogens with zero attached hydrogens (tertiary/aromatic N) is 1. The molecule has 5 heteroatoms. The molecule has 0 saturated carbocycles. The van der Waals surface area contributed by atoms with Crippen molar-refractivity contribution in [2.75, 3.05) is 14.2 Å². The summed E-state index contributed by atoms with van der Waals surface area (Å²) in [4.78, 5) is 15.9. The Morgan fingerprint density at radius 1 is 1.00 bits per heavy atom. The number of ether oxygens (including phenoxy) is 2. The van der Waals surface area contributed by atoms with Gasteiger partial charge in [-0.05, 0) is 17.7 Å². The predicted molar refractivity (Wildman–Crippen MR) is 89.6 cm³/mol. The molecule has 1 heterocycles. The molecule has 0 atom stereocenters. The lowest BCUT2D eigenvalue weighted by Gasteiger charge is -2.01. The first-order valence-electron chi connectivity index (χ1n) is 7.47. The van der Waals surface area contributed by atoms with E-state index in [9.17, 15) is 4.79 Å². The number of rotatable bonds is 5. The van der Waals surface area contributed by atoms with E-state index in [1.54, 1.807) is 7.11 Å². The molecule has 2 aromatic carbocycles. The first-order chi connectivity index (χ1) is 11.7. The van der Waals surface area contributed by atoms with Crippen LogP contribution in [0.25, 0.3) is 22.7 Å². The minimum absolute atomic E-state index is 0.237. The van der Waals surface area contributed by atoms with Crippen LogP contribution in [-0.2, 0) is 16.0 Å². The van der Waals surface area contributed by atoms with Gasteiger partial charge in [0.15, 0.2) is 5.69 Å². The fraction of sp³-hybridized carbons (Fsp3) is 0.158. The van der Waals surface area contributed by atoms with Crippen LogP contribution in [-0.4, -0.2) is 25.2 Å². The third-order valence-corrected chi connectivity index (χ3v) is 3.61. The number of oxazole rings is 1. The van der Waals surface area contributed by atoms with Crippen molar-refractivity contribution < 1.29 is 18.7 Å². The monoisotopic (exact) mass is 323 g/mol. The van der Waals surface area contributed by atoms with E-state index >= 15 is 0 Å². The molecule has 0 aliphatic rings. The van der Waals surface area contributed by atoms with Crippen molar-refractivity contribution in [1.82, 2.24) is 4.98 Å². The van der Waals surface area contributed by atoms with Crippen LogP contribution < -0.4 is 4.74 Å². The highest BCUT2D eigenvalue weighted by Gasteiger charge is 2.17. The normalized spacial score (nSPS) is 10.4. The Hall–Kier alpha value is -3.08. The lowest BCUT2D eigenvalue weighted by Crippen LogP contribution is -2.04. The van der Waals surface area contributed by atoms with Crippen LogP contribution in [0, 0.1) is 0 Å². The molecule has 0 saturated heterocycles. The average Bonchev–Trinajstić information content (AvgIpc) is 3.07. The van der Waals surface area contributed by atoms with Crippen LogP contribution in [0.3, 0.4) is 0 Å². The van der Waals surface area contributed by atoms with Crippen molar-refractivity contribution in [3.8, 4) is 28.7 Å². The van der Waals surface area contributed by atoms with Gasteiger partial charge in [0.05, 0.1) is 20.6 Å². The Morgan fingerprint density at radius 3 is 2.33 bits per heavy atom. The minimum atomic E-state index is -0.271. The molecule has 0 fully saturated rings. The summed E-state index contributed by atoms with van der Waals surface area (Å²) >= 11 is 0. The van der Waals surface area contributed by atoms with Gasteiger partial charge in [0.1, 0.15) is 0 Å². The molecule has 0 radical (unpaired) electrons. The molecule has 1 aromatic heterocycles. The van der Waals surface area contributed by atoms with Gasteiger partial charge < -0.3 is 13.9 Å². The van der Waals surface area contributed by atoms with E-state index < -0.39 is 0 Å². The van der Waals surface area contributed by atoms with Gasteiger partial charge in [-0.15, -0.1) is 0 Å². The summed E-state index contributed by atoms with van der Waals surface area (Å²) in [5.74, 6) is 0.567. The van der Waals surface area contributed by atoms with E-state index in [1.807, 2.05) is 54.6 Å². The maximum Gasteiger partial charge on any atom is 0.313 e. The summed E-state index contributed by atoms with van der Waals surface area (Å²) in [5, 5.41) is 0. The second-order valence-electron chi connectivity index (χ2n) is 5.18. The zero-order chi connectivity index (χ0) is 16.9. The minimum Gasteiger partial charge on any atom is -0.469 e. The number of benzene rings is 2. The van der Waals surface area contributed by atoms with Gasteiger partial charge in [-0.2, -0.15) is 0 Å². The molecular formula is C19H17NO4. The van der Waals surface area contributed by atoms with Gasteiger partial charge in [0, 0.05) is 11.1 Å². The number of hydrogen-bond donors (Lipinski definition) is 0. The van der Waals surface area contributed by atoms with Gasteiger partial charge in [0.25, 0.3) is 0 Å². The lowest BCUT2D eigenvalue weighted by molar-refractivity contribution is -0.139. The van der Waals surface area contributed by atoms with Gasteiger partial charge in [-0.3, -0.25) is 4.79 Å². The summed E-state index contributed by atoms with van der Waals surface area (Å²) in [6, 6.07) is 17.1. The Kier molecular flexibility index (Phi) is 4.61. The van der Waals surface area contributed by atoms with E-state index in [0.717, 1.165) is 16.7 Å². The molecule has 0 spiro atoms. The molecule has 0 aliphatic heterocycles. The number of hydrogen-bond acceptors (Lipinski definition) is 5. The molecule has 0 N–H and O–H groups in total. The molecule has 3 aromatic rings. The lowest BCUT2D eigenvalue weighted by atomic mass is 10.1. The highest BCUT2D eigenvalue weighted by molar-refractivity contribution is 5.73. The zero-order valence-electron chi connectivity index (χ0n) is 13.5. The van der Waals surface area contributed by atoms with E-state index in [4.69, 9.17) is 9.15 Å². The molecule has 0 aliphatic carbocycles. The van der Waals surface area contributed by atoms with Crippen LogP contribution >= 0.6 is 0 Å². The molecular weight excluding hydrogens is 306 g/mol. The second kappa shape index (κ2) is 7.00. The van der Waals surface area contributed by atoms with Crippen molar-refractivity contribution in [3.05, 3.63) is 60.2 Å². The van der Waals surface area contributed by atoms with E-state index in [1.165, 1.54) is 7.11 Å². The molecule has 0 bridgehead atoms. The summed E-state index contributed by atoms with van der Waals surface area (Å²) in [7, 11) is 2.93. The number of methoxy groups -OCH3 is 2. The smallest absolute Gasteiger partial charge is 0.313 e. The second-order valence-corrected chi connectivity index (χ2v) is 5.18. The Bertz CT molecular complexity index is 822. The van der Waals surface area contributed by atoms with Crippen molar-refractivity contribution in [1.29, 1.82) is 0 Å². The number of carbonyl (C=O) groups excluding carboxylic acids is 1. The largest absolute Gasteiger partial charge is 0.469 e. The van der Waals surface area contributed by atoms with Gasteiger partial charge in [0.2, 0.25) is 5.89 Å². The predicted octanol–water partition coefficient (Wildman–Crippen LogP) is 3.73. The van der Waals surface area contributed by atoms with Crippen molar-refractivity contribution >= 4 is 5.97 Å². The maximum atomic E-state index is 11.3. The van der Waals surface area contributed by atoms with Crippen LogP contribution in [0.2, 0.25) is 0 Å². The van der Waals surface area contributed by atoms with E-state index in [2.05, 4.69) is 9.72 Å². The molecule has 122 valence electrons. The Balaban J connectivity index is 1.90. The topological polar surface area (TPSA) is 61.6 Å². The maximum absolute atomic E-state index is 11.3. The molecule has 3 rings (SSSR count). The third kappa shape index (κ3) is 3.30. The molecule has 5 nitrogen and oxygen atoms in total. The van der Waals surface area contributed by atoms with Crippen molar-refractivity contribution in [3.63, 3.8) is 0 Å². The highest BCUT2D eigenvalue weighted by atomic mass is 16.6. The Morgan fingerprint density at radius 2 is 1.71 bits per heavy atom. The van der Waals surface area contributed by atoms with Crippen LogP contribution in [0.15, 0.2) is 59.0 Å². The highest BCUT2D eigenvalue weighted by Crippen LogP contribution is 2.34. The third-order valence-electron chi connectivity index (χ3n) is 3.61. The van der Waals surface area contributed by atoms with Crippen molar-refractivity contribution in [2.24, 2.45) is 0 Å². The number of esters is 1. The molecule has 0 amide bonds. The quantitative estimate of drug-likeness (QED) is 0.670. The summed E-state index contributed by atoms with van der Waals surface area (Å²) in [6.07, 6.45) is 0.237. The molecule has 0 unspecified atom stereocenters. The van der Waals surface area contributed by atoms with Crippen LogP contribution in [0.4, 0.5) is 0 Å². The van der Waals surface area contributed by atoms with Crippen molar-refractivity contribution in [2.45, 2.75) is 6.42 Å². The fourth-order valence-electron chi connectivity index (χ4n) is 2.35. The van der Waals surface area contributed by atoms with Gasteiger partial charge in [-0.1, -0.05) is 42.5 Å². The van der Waals surface area contributed by atoms with Gasteiger partial charge >= 0.3 is 11.9 Å². The average molecular weight is 323 g/mol.